The highest BCUT2D eigenvalue weighted by Crippen LogP contribution is 2.29. The molecule has 1 aromatic rings. The van der Waals surface area contributed by atoms with Crippen LogP contribution in [0, 0.1) is 16.0 Å². The molecule has 1 saturated heterocycles. The summed E-state index contributed by atoms with van der Waals surface area (Å²) in [5, 5.41) is 14.2. The van der Waals surface area contributed by atoms with Crippen molar-refractivity contribution in [3.63, 3.8) is 0 Å². The van der Waals surface area contributed by atoms with Gasteiger partial charge in [-0.3, -0.25) is 10.1 Å². The van der Waals surface area contributed by atoms with Gasteiger partial charge in [0.05, 0.1) is 24.7 Å². The summed E-state index contributed by atoms with van der Waals surface area (Å²) in [5.74, 6) is 0.897. The number of nitrogens with one attached hydrogen (secondary N) is 1. The first-order chi connectivity index (χ1) is 9.20. The van der Waals surface area contributed by atoms with Gasteiger partial charge in [-0.1, -0.05) is 0 Å². The fourth-order valence-electron chi connectivity index (χ4n) is 2.16. The number of nitro groups is 1. The van der Waals surface area contributed by atoms with Crippen molar-refractivity contribution >= 4 is 11.4 Å². The minimum absolute atomic E-state index is 0.0380. The Bertz CT molecular complexity index is 444. The van der Waals surface area contributed by atoms with Crippen LogP contribution in [-0.4, -0.2) is 31.8 Å². The Hall–Kier alpha value is -1.82. The van der Waals surface area contributed by atoms with E-state index in [-0.39, 0.29) is 5.69 Å². The van der Waals surface area contributed by atoms with Crippen LogP contribution >= 0.6 is 0 Å². The first-order valence-corrected chi connectivity index (χ1v) is 6.34. The van der Waals surface area contributed by atoms with E-state index in [4.69, 9.17) is 9.47 Å². The van der Waals surface area contributed by atoms with E-state index in [1.807, 2.05) is 0 Å². The number of hydrogen-bond donors (Lipinski definition) is 1. The molecule has 1 fully saturated rings. The molecule has 0 radical (unpaired) electrons. The Morgan fingerprint density at radius 3 is 3.05 bits per heavy atom. The highest BCUT2D eigenvalue weighted by Gasteiger charge is 2.18. The van der Waals surface area contributed by atoms with Crippen LogP contribution in [0.15, 0.2) is 18.2 Å². The number of ether oxygens (including phenoxy) is 2. The lowest BCUT2D eigenvalue weighted by Crippen LogP contribution is -2.24. The van der Waals surface area contributed by atoms with Gasteiger partial charge in [0.25, 0.3) is 5.69 Å². The summed E-state index contributed by atoms with van der Waals surface area (Å²) in [6.07, 6.45) is 2.15. The maximum absolute atomic E-state index is 11.0. The van der Waals surface area contributed by atoms with Crippen molar-refractivity contribution in [2.75, 3.05) is 32.2 Å². The fraction of sp³-hybridized carbons (Fsp3) is 0.538. The molecule has 19 heavy (non-hydrogen) atoms. The lowest BCUT2D eigenvalue weighted by molar-refractivity contribution is -0.384. The average Bonchev–Trinajstić information content (AvgIpc) is 2.46. The third kappa shape index (κ3) is 3.57. The van der Waals surface area contributed by atoms with Gasteiger partial charge in [0.15, 0.2) is 0 Å². The number of methoxy groups -OCH3 is 1. The molecule has 6 heteroatoms. The zero-order chi connectivity index (χ0) is 13.7. The Morgan fingerprint density at radius 1 is 1.58 bits per heavy atom. The molecule has 6 nitrogen and oxygen atoms in total. The third-order valence-electron chi connectivity index (χ3n) is 3.24. The summed E-state index contributed by atoms with van der Waals surface area (Å²) in [6, 6.07) is 4.83. The van der Waals surface area contributed by atoms with E-state index in [9.17, 15) is 10.1 Å². The van der Waals surface area contributed by atoms with Crippen LogP contribution in [0.4, 0.5) is 11.4 Å². The number of nitro benzene ring substituents is 1. The largest absolute Gasteiger partial charge is 0.496 e. The SMILES string of the molecule is COc1ccc(NCC2CCCOC2)c([N+](=O)[O-])c1. The zero-order valence-corrected chi connectivity index (χ0v) is 10.9. The summed E-state index contributed by atoms with van der Waals surface area (Å²) in [5.41, 5.74) is 0.562. The highest BCUT2D eigenvalue weighted by atomic mass is 16.6. The van der Waals surface area contributed by atoms with Crippen molar-refractivity contribution < 1.29 is 14.4 Å². The second-order valence-corrected chi connectivity index (χ2v) is 4.60. The van der Waals surface area contributed by atoms with Crippen LogP contribution in [0.5, 0.6) is 5.75 Å². The highest BCUT2D eigenvalue weighted by molar-refractivity contribution is 5.63. The van der Waals surface area contributed by atoms with Crippen molar-refractivity contribution in [3.8, 4) is 5.75 Å². The van der Waals surface area contributed by atoms with Crippen LogP contribution < -0.4 is 10.1 Å². The van der Waals surface area contributed by atoms with Crippen molar-refractivity contribution in [3.05, 3.63) is 28.3 Å². The van der Waals surface area contributed by atoms with Gasteiger partial charge in [0.1, 0.15) is 11.4 Å². The Labute approximate surface area is 111 Å². The van der Waals surface area contributed by atoms with E-state index < -0.39 is 4.92 Å². The molecule has 1 aliphatic rings. The monoisotopic (exact) mass is 266 g/mol. The van der Waals surface area contributed by atoms with E-state index >= 15 is 0 Å². The van der Waals surface area contributed by atoms with Gasteiger partial charge >= 0.3 is 0 Å². The van der Waals surface area contributed by atoms with E-state index in [1.54, 1.807) is 12.1 Å². The minimum atomic E-state index is -0.401. The molecule has 2 rings (SSSR count). The second-order valence-electron chi connectivity index (χ2n) is 4.60. The predicted molar refractivity (Wildman–Crippen MR) is 71.7 cm³/mol. The zero-order valence-electron chi connectivity index (χ0n) is 10.9. The summed E-state index contributed by atoms with van der Waals surface area (Å²) in [7, 11) is 1.49. The minimum Gasteiger partial charge on any atom is -0.496 e. The van der Waals surface area contributed by atoms with E-state index in [2.05, 4.69) is 5.32 Å². The molecular formula is C13H18N2O4. The predicted octanol–water partition coefficient (Wildman–Crippen LogP) is 2.44. The molecule has 1 aromatic carbocycles. The summed E-state index contributed by atoms with van der Waals surface area (Å²) in [6.45, 7) is 2.23. The molecule has 0 aliphatic carbocycles. The van der Waals surface area contributed by atoms with Gasteiger partial charge in [0.2, 0.25) is 0 Å². The quantitative estimate of drug-likeness (QED) is 0.654. The molecular weight excluding hydrogens is 248 g/mol. The lowest BCUT2D eigenvalue weighted by atomic mass is 10.0. The van der Waals surface area contributed by atoms with Gasteiger partial charge in [-0.05, 0) is 30.9 Å². The van der Waals surface area contributed by atoms with Crippen LogP contribution in [0.25, 0.3) is 0 Å². The average molecular weight is 266 g/mol. The van der Waals surface area contributed by atoms with Crippen LogP contribution in [0.2, 0.25) is 0 Å². The molecule has 104 valence electrons. The Balaban J connectivity index is 2.04. The molecule has 0 aromatic heterocycles. The Morgan fingerprint density at radius 2 is 2.42 bits per heavy atom. The van der Waals surface area contributed by atoms with Crippen molar-refractivity contribution in [2.24, 2.45) is 5.92 Å². The van der Waals surface area contributed by atoms with E-state index in [0.29, 0.717) is 23.9 Å². The summed E-state index contributed by atoms with van der Waals surface area (Å²) >= 11 is 0. The maximum atomic E-state index is 11.0. The van der Waals surface area contributed by atoms with Crippen LogP contribution in [-0.2, 0) is 4.74 Å². The Kier molecular flexibility index (Phi) is 4.57. The van der Waals surface area contributed by atoms with Gasteiger partial charge in [-0.25, -0.2) is 0 Å². The molecule has 0 saturated carbocycles. The number of hydrogen-bond acceptors (Lipinski definition) is 5. The first-order valence-electron chi connectivity index (χ1n) is 6.34. The van der Waals surface area contributed by atoms with Gasteiger partial charge in [0, 0.05) is 13.2 Å². The summed E-state index contributed by atoms with van der Waals surface area (Å²) < 4.78 is 10.4. The van der Waals surface area contributed by atoms with E-state index in [0.717, 1.165) is 26.1 Å². The smallest absolute Gasteiger partial charge is 0.296 e. The van der Waals surface area contributed by atoms with Crippen LogP contribution in [0.1, 0.15) is 12.8 Å². The first kappa shape index (κ1) is 13.6. The summed E-state index contributed by atoms with van der Waals surface area (Å²) in [4.78, 5) is 10.6. The normalized spacial score (nSPS) is 18.9. The molecule has 1 heterocycles. The second kappa shape index (κ2) is 6.38. The molecule has 1 atom stereocenters. The van der Waals surface area contributed by atoms with Gasteiger partial charge < -0.3 is 14.8 Å². The van der Waals surface area contributed by atoms with Crippen molar-refractivity contribution in [1.29, 1.82) is 0 Å². The van der Waals surface area contributed by atoms with Crippen LogP contribution in [0.3, 0.4) is 0 Å². The standard InChI is InChI=1S/C13H18N2O4/c1-18-11-4-5-12(13(7-11)15(16)17)14-8-10-3-2-6-19-9-10/h4-5,7,10,14H,2-3,6,8-9H2,1H3. The topological polar surface area (TPSA) is 73.6 Å². The maximum Gasteiger partial charge on any atom is 0.296 e. The molecule has 0 amide bonds. The molecule has 1 aliphatic heterocycles. The fourth-order valence-corrected chi connectivity index (χ4v) is 2.16. The van der Waals surface area contributed by atoms with Gasteiger partial charge in [-0.2, -0.15) is 0 Å². The lowest BCUT2D eigenvalue weighted by Gasteiger charge is -2.22. The number of benzene rings is 1. The molecule has 1 N–H and O–H groups in total. The number of anilines is 1. The van der Waals surface area contributed by atoms with Gasteiger partial charge in [-0.15, -0.1) is 0 Å². The third-order valence-corrected chi connectivity index (χ3v) is 3.24. The molecule has 0 spiro atoms. The van der Waals surface area contributed by atoms with E-state index in [1.165, 1.54) is 13.2 Å². The molecule has 0 bridgehead atoms. The van der Waals surface area contributed by atoms with Crippen molar-refractivity contribution in [1.82, 2.24) is 0 Å². The van der Waals surface area contributed by atoms with Crippen molar-refractivity contribution in [2.45, 2.75) is 12.8 Å². The number of rotatable bonds is 5. The number of nitrogens with zero attached hydrogens (tertiary/aromatic N) is 1. The molecule has 1 unspecified atom stereocenters.